The number of carbonyl (C=O) groups excluding carboxylic acids is 1. The highest BCUT2D eigenvalue weighted by atomic mass is 32.2. The molecule has 2 aromatic carbocycles. The number of amides is 1. The Morgan fingerprint density at radius 3 is 2.52 bits per heavy atom. The smallest absolute Gasteiger partial charge is 0.240 e. The molecule has 1 aliphatic heterocycles. The van der Waals surface area contributed by atoms with Crippen LogP contribution in [0.25, 0.3) is 0 Å². The predicted octanol–water partition coefficient (Wildman–Crippen LogP) is 2.83. The van der Waals surface area contributed by atoms with Gasteiger partial charge in [-0.3, -0.25) is 9.69 Å². The maximum atomic E-state index is 13.0. The van der Waals surface area contributed by atoms with E-state index >= 15 is 0 Å². The molecule has 1 heterocycles. The van der Waals surface area contributed by atoms with E-state index in [1.54, 1.807) is 36.4 Å². The Morgan fingerprint density at radius 2 is 1.84 bits per heavy atom. The Balaban J connectivity index is 1.50. The fraction of sp³-hybridized carbons (Fsp3) is 0.435. The summed E-state index contributed by atoms with van der Waals surface area (Å²) < 4.78 is 40.8. The monoisotopic (exact) mass is 447 g/mol. The zero-order valence-electron chi connectivity index (χ0n) is 18.0. The maximum Gasteiger partial charge on any atom is 0.240 e. The van der Waals surface area contributed by atoms with E-state index in [1.807, 2.05) is 13.8 Å². The summed E-state index contributed by atoms with van der Waals surface area (Å²) >= 11 is 0. The number of aryl methyl sites for hydroxylation is 1. The number of carbonyl (C=O) groups is 1. The van der Waals surface area contributed by atoms with E-state index in [1.165, 1.54) is 12.1 Å². The summed E-state index contributed by atoms with van der Waals surface area (Å²) in [4.78, 5) is 14.9. The molecule has 2 aromatic rings. The number of nitrogens with zero attached hydrogens (tertiary/aromatic N) is 1. The Morgan fingerprint density at radius 1 is 1.16 bits per heavy atom. The highest BCUT2D eigenvalue weighted by molar-refractivity contribution is 7.89. The molecule has 0 bridgehead atoms. The molecule has 2 N–H and O–H groups in total. The molecule has 6 nitrogen and oxygen atoms in total. The van der Waals surface area contributed by atoms with E-state index in [-0.39, 0.29) is 28.6 Å². The molecule has 3 rings (SSSR count). The molecule has 2 unspecified atom stereocenters. The number of benzene rings is 2. The molecule has 0 radical (unpaired) electrons. The van der Waals surface area contributed by atoms with E-state index in [9.17, 15) is 17.6 Å². The fourth-order valence-corrected chi connectivity index (χ4v) is 4.87. The van der Waals surface area contributed by atoms with Crippen molar-refractivity contribution in [2.75, 3.05) is 19.6 Å². The SMILES string of the molecule is Cc1ccc(S(=O)(=O)NCC2CCCN(C(C)C(=O)NCc3ccc(F)cc3)C2)cc1. The summed E-state index contributed by atoms with van der Waals surface area (Å²) in [6, 6.07) is 12.5. The first-order chi connectivity index (χ1) is 14.7. The second kappa shape index (κ2) is 10.3. The van der Waals surface area contributed by atoms with Gasteiger partial charge >= 0.3 is 0 Å². The van der Waals surface area contributed by atoms with E-state index in [0.717, 1.165) is 30.5 Å². The van der Waals surface area contributed by atoms with Crippen molar-refractivity contribution >= 4 is 15.9 Å². The Labute approximate surface area is 183 Å². The molecule has 0 spiro atoms. The van der Waals surface area contributed by atoms with Crippen molar-refractivity contribution in [1.29, 1.82) is 0 Å². The van der Waals surface area contributed by atoms with Crippen molar-refractivity contribution in [3.05, 3.63) is 65.5 Å². The first-order valence-corrected chi connectivity index (χ1v) is 12.1. The topological polar surface area (TPSA) is 78.5 Å². The molecule has 168 valence electrons. The number of hydrogen-bond acceptors (Lipinski definition) is 4. The number of piperidine rings is 1. The molecule has 0 aromatic heterocycles. The first-order valence-electron chi connectivity index (χ1n) is 10.6. The van der Waals surface area contributed by atoms with Gasteiger partial charge in [-0.2, -0.15) is 0 Å². The van der Waals surface area contributed by atoms with Crippen LogP contribution in [0.5, 0.6) is 0 Å². The van der Waals surface area contributed by atoms with Gasteiger partial charge < -0.3 is 5.32 Å². The lowest BCUT2D eigenvalue weighted by molar-refractivity contribution is -0.126. The lowest BCUT2D eigenvalue weighted by atomic mass is 9.97. The number of hydrogen-bond donors (Lipinski definition) is 2. The Kier molecular flexibility index (Phi) is 7.80. The molecule has 1 fully saturated rings. The average Bonchev–Trinajstić information content (AvgIpc) is 2.77. The van der Waals surface area contributed by atoms with Crippen LogP contribution >= 0.6 is 0 Å². The second-order valence-corrected chi connectivity index (χ2v) is 9.96. The van der Waals surface area contributed by atoms with Gasteiger partial charge in [0, 0.05) is 19.6 Å². The zero-order chi connectivity index (χ0) is 22.4. The molecule has 1 amide bonds. The van der Waals surface area contributed by atoms with Crippen LogP contribution in [0.15, 0.2) is 53.4 Å². The number of nitrogens with one attached hydrogen (secondary N) is 2. The van der Waals surface area contributed by atoms with Crippen molar-refractivity contribution in [1.82, 2.24) is 14.9 Å². The summed E-state index contributed by atoms with van der Waals surface area (Å²) in [7, 11) is -3.55. The molecule has 0 aliphatic carbocycles. The van der Waals surface area contributed by atoms with Crippen LogP contribution in [-0.2, 0) is 21.4 Å². The fourth-order valence-electron chi connectivity index (χ4n) is 3.75. The molecule has 2 atom stereocenters. The molecule has 1 saturated heterocycles. The summed E-state index contributed by atoms with van der Waals surface area (Å²) in [6.07, 6.45) is 1.82. The van der Waals surface area contributed by atoms with Crippen molar-refractivity contribution in [3.8, 4) is 0 Å². The summed E-state index contributed by atoms with van der Waals surface area (Å²) in [6.45, 7) is 5.91. The van der Waals surface area contributed by atoms with E-state index in [4.69, 9.17) is 0 Å². The zero-order valence-corrected chi connectivity index (χ0v) is 18.8. The minimum absolute atomic E-state index is 0.0924. The largest absolute Gasteiger partial charge is 0.351 e. The van der Waals surface area contributed by atoms with Crippen LogP contribution in [0.2, 0.25) is 0 Å². The van der Waals surface area contributed by atoms with Crippen LogP contribution in [0, 0.1) is 18.7 Å². The Hall–Kier alpha value is -2.29. The van der Waals surface area contributed by atoms with E-state index in [2.05, 4.69) is 14.9 Å². The van der Waals surface area contributed by atoms with Crippen LogP contribution in [0.3, 0.4) is 0 Å². The molecule has 31 heavy (non-hydrogen) atoms. The van der Waals surface area contributed by atoms with Crippen LogP contribution in [0.4, 0.5) is 4.39 Å². The third kappa shape index (κ3) is 6.59. The molecule has 0 saturated carbocycles. The average molecular weight is 448 g/mol. The van der Waals surface area contributed by atoms with Crippen LogP contribution < -0.4 is 10.0 Å². The van der Waals surface area contributed by atoms with E-state index in [0.29, 0.717) is 19.6 Å². The predicted molar refractivity (Wildman–Crippen MR) is 118 cm³/mol. The molecular formula is C23H30FN3O3S. The van der Waals surface area contributed by atoms with Crippen LogP contribution in [0.1, 0.15) is 30.9 Å². The van der Waals surface area contributed by atoms with Gasteiger partial charge in [-0.25, -0.2) is 17.5 Å². The Bertz CT molecular complexity index is 978. The summed E-state index contributed by atoms with van der Waals surface area (Å²) in [5.41, 5.74) is 1.84. The number of rotatable bonds is 8. The quantitative estimate of drug-likeness (QED) is 0.652. The van der Waals surface area contributed by atoms with Gasteiger partial charge in [-0.1, -0.05) is 29.8 Å². The minimum atomic E-state index is -3.55. The highest BCUT2D eigenvalue weighted by Crippen LogP contribution is 2.19. The van der Waals surface area contributed by atoms with Gasteiger partial charge in [0.15, 0.2) is 0 Å². The van der Waals surface area contributed by atoms with Crippen molar-refractivity contribution in [2.24, 2.45) is 5.92 Å². The van der Waals surface area contributed by atoms with Crippen molar-refractivity contribution in [2.45, 2.75) is 44.2 Å². The van der Waals surface area contributed by atoms with Gasteiger partial charge in [-0.05, 0) is 69.0 Å². The lowest BCUT2D eigenvalue weighted by Crippen LogP contribution is -2.50. The standard InChI is InChI=1S/C23H30FN3O3S/c1-17-5-11-22(12-6-17)31(29,30)26-15-20-4-3-13-27(16-20)18(2)23(28)25-14-19-7-9-21(24)10-8-19/h5-12,18,20,26H,3-4,13-16H2,1-2H3,(H,25,28). The van der Waals surface area contributed by atoms with Crippen molar-refractivity contribution < 1.29 is 17.6 Å². The van der Waals surface area contributed by atoms with E-state index < -0.39 is 10.0 Å². The number of sulfonamides is 1. The van der Waals surface area contributed by atoms with Gasteiger partial charge in [0.05, 0.1) is 10.9 Å². The van der Waals surface area contributed by atoms with Gasteiger partial charge in [0.1, 0.15) is 5.82 Å². The normalized spacial score (nSPS) is 18.5. The third-order valence-corrected chi connectivity index (χ3v) is 7.19. The minimum Gasteiger partial charge on any atom is -0.351 e. The number of likely N-dealkylation sites (tertiary alicyclic amines) is 1. The van der Waals surface area contributed by atoms with Gasteiger partial charge in [0.2, 0.25) is 15.9 Å². The summed E-state index contributed by atoms with van der Waals surface area (Å²) in [5.74, 6) is -0.257. The first kappa shape index (κ1) is 23.4. The lowest BCUT2D eigenvalue weighted by Gasteiger charge is -2.36. The molecule has 8 heteroatoms. The summed E-state index contributed by atoms with van der Waals surface area (Å²) in [5, 5.41) is 2.90. The number of halogens is 1. The van der Waals surface area contributed by atoms with Gasteiger partial charge in [0.25, 0.3) is 0 Å². The molecule has 1 aliphatic rings. The van der Waals surface area contributed by atoms with Gasteiger partial charge in [-0.15, -0.1) is 0 Å². The highest BCUT2D eigenvalue weighted by Gasteiger charge is 2.28. The molecular weight excluding hydrogens is 417 g/mol. The van der Waals surface area contributed by atoms with Crippen molar-refractivity contribution in [3.63, 3.8) is 0 Å². The second-order valence-electron chi connectivity index (χ2n) is 8.19. The van der Waals surface area contributed by atoms with Crippen LogP contribution in [-0.4, -0.2) is 44.9 Å². The maximum absolute atomic E-state index is 13.0. The third-order valence-electron chi connectivity index (χ3n) is 5.75.